The first kappa shape index (κ1) is 32.6. The van der Waals surface area contributed by atoms with E-state index in [2.05, 4.69) is 0 Å². The summed E-state index contributed by atoms with van der Waals surface area (Å²) in [5.74, 6) is -2.62. The Kier molecular flexibility index (Phi) is 9.38. The number of methoxy groups -OCH3 is 1. The van der Waals surface area contributed by atoms with E-state index >= 15 is 0 Å². The average Bonchev–Trinajstić information content (AvgIpc) is 3.02. The number of fused-ring (bicyclic) bond motifs is 1. The number of aliphatic hydroxyl groups excluding tert-OH is 8. The number of hydrogen-bond acceptors (Lipinski definition) is 17. The topological polar surface area (TPSA) is 279 Å². The summed E-state index contributed by atoms with van der Waals surface area (Å²) >= 11 is 0. The number of benzene rings is 2. The Hall–Kier alpha value is -3.75. The van der Waals surface area contributed by atoms with Gasteiger partial charge in [0.15, 0.2) is 17.1 Å². The van der Waals surface area contributed by atoms with Gasteiger partial charge in [0.2, 0.25) is 29.5 Å². The van der Waals surface area contributed by atoms with E-state index in [4.69, 9.17) is 28.1 Å². The highest BCUT2D eigenvalue weighted by Gasteiger charge is 2.47. The summed E-state index contributed by atoms with van der Waals surface area (Å²) < 4.78 is 33.5. The lowest BCUT2D eigenvalue weighted by atomic mass is 9.99. The van der Waals surface area contributed by atoms with Gasteiger partial charge in [0, 0.05) is 11.6 Å². The fraction of sp³-hybridized carbons (Fsp3) is 0.464. The molecule has 2 aromatic carbocycles. The lowest BCUT2D eigenvalue weighted by Crippen LogP contribution is -2.60. The molecule has 10 N–H and O–H groups in total. The van der Waals surface area contributed by atoms with Gasteiger partial charge in [-0.3, -0.25) is 4.79 Å². The second kappa shape index (κ2) is 12.9. The molecule has 45 heavy (non-hydrogen) atoms. The predicted molar refractivity (Wildman–Crippen MR) is 147 cm³/mol. The summed E-state index contributed by atoms with van der Waals surface area (Å²) in [6, 6.07) is 6.08. The molecule has 0 aliphatic carbocycles. The van der Waals surface area contributed by atoms with Crippen LogP contribution in [0.4, 0.5) is 0 Å². The van der Waals surface area contributed by atoms with Gasteiger partial charge in [0.1, 0.15) is 65.7 Å². The number of ether oxygens (including phenoxy) is 5. The molecule has 3 heterocycles. The third-order valence-corrected chi connectivity index (χ3v) is 7.53. The SMILES string of the molecule is COc1c(OC2OC(CO)C(O)C(O)C2O)cc(O)c2c(=O)c(OC3OC(CO)C(O)C(O)C3O)c(-c3ccc(O)cc3)oc12. The Morgan fingerprint density at radius 3 is 1.78 bits per heavy atom. The number of aromatic hydroxyl groups is 2. The van der Waals surface area contributed by atoms with Gasteiger partial charge in [0.05, 0.1) is 20.3 Å². The van der Waals surface area contributed by atoms with Gasteiger partial charge in [-0.25, -0.2) is 0 Å². The molecule has 10 unspecified atom stereocenters. The van der Waals surface area contributed by atoms with Crippen molar-refractivity contribution in [2.75, 3.05) is 20.3 Å². The molecule has 3 aromatic rings. The molecule has 2 fully saturated rings. The summed E-state index contributed by atoms with van der Waals surface area (Å²) in [5.41, 5.74) is -1.36. The molecule has 17 heteroatoms. The number of phenolic OH excluding ortho intramolecular Hbond substituents is 2. The molecule has 2 aliphatic heterocycles. The number of hydrogen-bond donors (Lipinski definition) is 10. The first-order chi connectivity index (χ1) is 21.4. The van der Waals surface area contributed by atoms with Crippen LogP contribution in [0.25, 0.3) is 22.3 Å². The quantitative estimate of drug-likeness (QED) is 0.119. The third kappa shape index (κ3) is 5.86. The van der Waals surface area contributed by atoms with Crippen molar-refractivity contribution in [1.82, 2.24) is 0 Å². The molecule has 0 radical (unpaired) electrons. The van der Waals surface area contributed by atoms with Crippen molar-refractivity contribution >= 4 is 11.0 Å². The van der Waals surface area contributed by atoms with Crippen LogP contribution in [-0.2, 0) is 9.47 Å². The van der Waals surface area contributed by atoms with Crippen LogP contribution >= 0.6 is 0 Å². The Labute approximate surface area is 252 Å². The fourth-order valence-electron chi connectivity index (χ4n) is 5.05. The van der Waals surface area contributed by atoms with E-state index in [-0.39, 0.29) is 28.6 Å². The van der Waals surface area contributed by atoms with Crippen LogP contribution < -0.4 is 19.6 Å². The average molecular weight is 641 g/mol. The molecule has 5 rings (SSSR count). The number of phenols is 2. The van der Waals surface area contributed by atoms with Crippen LogP contribution in [0.5, 0.6) is 28.7 Å². The molecule has 246 valence electrons. The highest BCUT2D eigenvalue weighted by Crippen LogP contribution is 2.45. The molecular formula is C28H32O17. The Bertz CT molecular complexity index is 1550. The number of rotatable bonds is 8. The predicted octanol–water partition coefficient (Wildman–Crippen LogP) is -2.76. The first-order valence-electron chi connectivity index (χ1n) is 13.6. The van der Waals surface area contributed by atoms with Crippen LogP contribution in [0.1, 0.15) is 0 Å². The van der Waals surface area contributed by atoms with Crippen LogP contribution in [-0.4, -0.2) is 133 Å². The monoisotopic (exact) mass is 640 g/mol. The molecule has 10 atom stereocenters. The molecule has 2 saturated heterocycles. The molecular weight excluding hydrogens is 608 g/mol. The van der Waals surface area contributed by atoms with Gasteiger partial charge >= 0.3 is 0 Å². The molecule has 2 aliphatic rings. The van der Waals surface area contributed by atoms with Gasteiger partial charge in [0.25, 0.3) is 0 Å². The second-order valence-corrected chi connectivity index (χ2v) is 10.4. The van der Waals surface area contributed by atoms with E-state index in [0.717, 1.165) is 13.2 Å². The third-order valence-electron chi connectivity index (χ3n) is 7.53. The maximum absolute atomic E-state index is 13.9. The van der Waals surface area contributed by atoms with E-state index in [0.29, 0.717) is 0 Å². The second-order valence-electron chi connectivity index (χ2n) is 10.4. The summed E-state index contributed by atoms with van der Waals surface area (Å²) in [6.07, 6.45) is -17.0. The maximum Gasteiger partial charge on any atom is 0.239 e. The highest BCUT2D eigenvalue weighted by atomic mass is 16.7. The van der Waals surface area contributed by atoms with Crippen LogP contribution in [0, 0.1) is 0 Å². The van der Waals surface area contributed by atoms with Gasteiger partial charge in [-0.15, -0.1) is 0 Å². The normalized spacial score (nSPS) is 31.9. The van der Waals surface area contributed by atoms with Crippen molar-refractivity contribution < 1.29 is 79.2 Å². The van der Waals surface area contributed by atoms with E-state index < -0.39 is 103 Å². The Morgan fingerprint density at radius 1 is 0.733 bits per heavy atom. The Balaban J connectivity index is 1.65. The van der Waals surface area contributed by atoms with Crippen LogP contribution in [0.15, 0.2) is 39.5 Å². The zero-order valence-corrected chi connectivity index (χ0v) is 23.4. The van der Waals surface area contributed by atoms with Crippen molar-refractivity contribution in [2.45, 2.75) is 61.4 Å². The molecule has 0 amide bonds. The zero-order chi connectivity index (χ0) is 32.7. The molecule has 0 bridgehead atoms. The zero-order valence-electron chi connectivity index (χ0n) is 23.4. The summed E-state index contributed by atoms with van der Waals surface area (Å²) in [4.78, 5) is 13.9. The van der Waals surface area contributed by atoms with Crippen LogP contribution in [0.2, 0.25) is 0 Å². The molecule has 0 saturated carbocycles. The van der Waals surface area contributed by atoms with Crippen molar-refractivity contribution in [3.05, 3.63) is 40.6 Å². The standard InChI is InChI=1S/C28H32O17/c1-40-24-12(41-27-21(38)19(36)16(33)13(7-29)42-27)6-11(32)15-18(35)26(23(44-25(15)24)9-2-4-10(31)5-3-9)45-28-22(39)20(37)17(34)14(8-30)43-28/h2-6,13-14,16-17,19-22,27-34,36-39H,7-8H2,1H3. The van der Waals surface area contributed by atoms with E-state index in [1.807, 2.05) is 0 Å². The van der Waals surface area contributed by atoms with Crippen LogP contribution in [0.3, 0.4) is 0 Å². The van der Waals surface area contributed by atoms with Gasteiger partial charge in [-0.1, -0.05) is 0 Å². The molecule has 17 nitrogen and oxygen atoms in total. The lowest BCUT2D eigenvalue weighted by Gasteiger charge is -2.39. The van der Waals surface area contributed by atoms with Gasteiger partial charge in [-0.2, -0.15) is 0 Å². The van der Waals surface area contributed by atoms with E-state index in [9.17, 15) is 55.9 Å². The smallest absolute Gasteiger partial charge is 0.239 e. The van der Waals surface area contributed by atoms with Crippen molar-refractivity contribution in [3.63, 3.8) is 0 Å². The largest absolute Gasteiger partial charge is 0.508 e. The van der Waals surface area contributed by atoms with Crippen molar-refractivity contribution in [1.29, 1.82) is 0 Å². The van der Waals surface area contributed by atoms with E-state index in [1.54, 1.807) is 0 Å². The molecule has 0 spiro atoms. The van der Waals surface area contributed by atoms with E-state index in [1.165, 1.54) is 24.3 Å². The number of aliphatic hydroxyl groups is 8. The fourth-order valence-corrected chi connectivity index (χ4v) is 5.05. The summed E-state index contributed by atoms with van der Waals surface area (Å²) in [7, 11) is 1.16. The van der Waals surface area contributed by atoms with Crippen molar-refractivity contribution in [2.24, 2.45) is 0 Å². The first-order valence-corrected chi connectivity index (χ1v) is 13.6. The minimum absolute atomic E-state index is 0.119. The Morgan fingerprint density at radius 2 is 1.27 bits per heavy atom. The van der Waals surface area contributed by atoms with Crippen molar-refractivity contribution in [3.8, 4) is 40.1 Å². The molecule has 1 aromatic heterocycles. The minimum Gasteiger partial charge on any atom is -0.508 e. The summed E-state index contributed by atoms with van der Waals surface area (Å²) in [6.45, 7) is -1.52. The maximum atomic E-state index is 13.9. The minimum atomic E-state index is -1.91. The highest BCUT2D eigenvalue weighted by molar-refractivity contribution is 5.93. The van der Waals surface area contributed by atoms with Gasteiger partial charge in [-0.05, 0) is 24.3 Å². The summed E-state index contributed by atoms with van der Waals surface area (Å²) in [5, 5.41) is 101. The lowest BCUT2D eigenvalue weighted by molar-refractivity contribution is -0.277. The van der Waals surface area contributed by atoms with Gasteiger partial charge < -0.3 is 79.2 Å².